The van der Waals surface area contributed by atoms with Crippen LogP contribution in [0.2, 0.25) is 0 Å². The minimum absolute atomic E-state index is 0.0787. The lowest BCUT2D eigenvalue weighted by atomic mass is 9.86. The lowest BCUT2D eigenvalue weighted by Crippen LogP contribution is -2.35. The summed E-state index contributed by atoms with van der Waals surface area (Å²) >= 11 is 0. The number of carboxylic acid groups (broad SMARTS) is 1. The molecule has 1 fully saturated rings. The Kier molecular flexibility index (Phi) is 3.09. The summed E-state index contributed by atoms with van der Waals surface area (Å²) in [7, 11) is 2.46. The average Bonchev–Trinajstić information content (AvgIpc) is 2.24. The third kappa shape index (κ3) is 1.92. The fraction of sp³-hybridized carbons (Fsp3) is 0.667. The van der Waals surface area contributed by atoms with Crippen LogP contribution in [0, 0.1) is 11.8 Å². The van der Waals surface area contributed by atoms with E-state index in [1.54, 1.807) is 4.67 Å². The van der Waals surface area contributed by atoms with Crippen LogP contribution in [0.4, 0.5) is 0 Å². The van der Waals surface area contributed by atoms with Crippen molar-refractivity contribution in [3.8, 4) is 0 Å². The van der Waals surface area contributed by atoms with Crippen LogP contribution in [0.3, 0.4) is 0 Å². The summed E-state index contributed by atoms with van der Waals surface area (Å²) in [6.45, 7) is 8.67. The Balaban J connectivity index is 2.90. The van der Waals surface area contributed by atoms with E-state index >= 15 is 0 Å². The molecule has 0 radical (unpaired) electrons. The van der Waals surface area contributed by atoms with Crippen LogP contribution >= 0.6 is 9.39 Å². The quantitative estimate of drug-likeness (QED) is 0.542. The third-order valence-electron chi connectivity index (χ3n) is 2.53. The van der Waals surface area contributed by atoms with Gasteiger partial charge in [0.1, 0.15) is 6.04 Å². The topological polar surface area (TPSA) is 40.5 Å². The molecular formula is C9H16NO2P. The lowest BCUT2D eigenvalue weighted by Gasteiger charge is -2.22. The molecule has 13 heavy (non-hydrogen) atoms. The van der Waals surface area contributed by atoms with E-state index in [2.05, 4.69) is 16.0 Å². The van der Waals surface area contributed by atoms with E-state index in [-0.39, 0.29) is 5.92 Å². The summed E-state index contributed by atoms with van der Waals surface area (Å²) in [4.78, 5) is 11.0. The largest absolute Gasteiger partial charge is 0.480 e. The Morgan fingerprint density at radius 1 is 1.77 bits per heavy atom. The van der Waals surface area contributed by atoms with Crippen molar-refractivity contribution in [1.82, 2.24) is 4.67 Å². The number of rotatable bonds is 2. The number of hydrogen-bond donors (Lipinski definition) is 1. The number of carbonyl (C=O) groups is 1. The normalized spacial score (nSPS) is 30.0. The maximum atomic E-state index is 11.0. The summed E-state index contributed by atoms with van der Waals surface area (Å²) in [5, 5.41) is 9.02. The molecule has 0 aromatic heterocycles. The van der Waals surface area contributed by atoms with Gasteiger partial charge in [0.05, 0.1) is 0 Å². The molecular weight excluding hydrogens is 185 g/mol. The van der Waals surface area contributed by atoms with E-state index in [1.807, 2.05) is 13.8 Å². The summed E-state index contributed by atoms with van der Waals surface area (Å²) in [5.74, 6) is -0.346. The Hall–Kier alpha value is -0.400. The van der Waals surface area contributed by atoms with Crippen molar-refractivity contribution >= 4 is 15.4 Å². The highest BCUT2D eigenvalue weighted by molar-refractivity contribution is 7.13. The SMILES string of the molecule is C=C1CN(P)[C@H](C(=O)O)C1C(C)C. The van der Waals surface area contributed by atoms with Crippen molar-refractivity contribution in [2.45, 2.75) is 19.9 Å². The zero-order valence-corrected chi connectivity index (χ0v) is 9.18. The molecule has 0 bridgehead atoms. The van der Waals surface area contributed by atoms with E-state index < -0.39 is 12.0 Å². The number of hydrogen-bond acceptors (Lipinski definition) is 2. The fourth-order valence-electron chi connectivity index (χ4n) is 2.00. The first-order valence-corrected chi connectivity index (χ1v) is 4.88. The summed E-state index contributed by atoms with van der Waals surface area (Å²) in [6.07, 6.45) is 0. The van der Waals surface area contributed by atoms with Gasteiger partial charge in [-0.3, -0.25) is 9.46 Å². The highest BCUT2D eigenvalue weighted by Gasteiger charge is 2.41. The van der Waals surface area contributed by atoms with Gasteiger partial charge in [0.25, 0.3) is 0 Å². The summed E-state index contributed by atoms with van der Waals surface area (Å²) in [6, 6.07) is -0.419. The second-order valence-corrected chi connectivity index (χ2v) is 4.55. The molecule has 1 rings (SSSR count). The highest BCUT2D eigenvalue weighted by atomic mass is 31.0. The van der Waals surface area contributed by atoms with Crippen LogP contribution < -0.4 is 0 Å². The van der Waals surface area contributed by atoms with E-state index in [4.69, 9.17) is 5.11 Å². The van der Waals surface area contributed by atoms with E-state index in [1.165, 1.54) is 0 Å². The fourth-order valence-corrected chi connectivity index (χ4v) is 2.55. The minimum atomic E-state index is -0.757. The van der Waals surface area contributed by atoms with Gasteiger partial charge in [0.2, 0.25) is 0 Å². The molecule has 0 spiro atoms. The van der Waals surface area contributed by atoms with E-state index in [0.717, 1.165) is 5.57 Å². The Bertz CT molecular complexity index is 240. The van der Waals surface area contributed by atoms with Crippen molar-refractivity contribution in [3.05, 3.63) is 12.2 Å². The van der Waals surface area contributed by atoms with Crippen LogP contribution in [0.25, 0.3) is 0 Å². The summed E-state index contributed by atoms with van der Waals surface area (Å²) < 4.78 is 1.77. The molecule has 2 unspecified atom stereocenters. The first-order valence-electron chi connectivity index (χ1n) is 4.37. The van der Waals surface area contributed by atoms with E-state index in [9.17, 15) is 4.79 Å². The molecule has 3 atom stereocenters. The molecule has 3 nitrogen and oxygen atoms in total. The van der Waals surface area contributed by atoms with Gasteiger partial charge in [-0.05, 0) is 5.92 Å². The second-order valence-electron chi connectivity index (χ2n) is 3.88. The highest BCUT2D eigenvalue weighted by Crippen LogP contribution is 2.35. The van der Waals surface area contributed by atoms with Crippen LogP contribution in [0.15, 0.2) is 12.2 Å². The molecule has 1 saturated heterocycles. The Labute approximate surface area is 81.1 Å². The van der Waals surface area contributed by atoms with Crippen molar-refractivity contribution in [3.63, 3.8) is 0 Å². The van der Waals surface area contributed by atoms with Crippen LogP contribution in [-0.4, -0.2) is 28.3 Å². The van der Waals surface area contributed by atoms with Gasteiger partial charge in [0, 0.05) is 12.5 Å². The van der Waals surface area contributed by atoms with Crippen molar-refractivity contribution in [2.75, 3.05) is 6.54 Å². The first-order chi connectivity index (χ1) is 5.95. The van der Waals surface area contributed by atoms with Gasteiger partial charge in [-0.1, -0.05) is 35.4 Å². The standard InChI is InChI=1S/C9H16NO2P/c1-5(2)7-6(3)4-10(13)8(7)9(11)12/h5,7-8H,3-4,13H2,1-2H3,(H,11,12)/t7?,8-/m0/s1. The third-order valence-corrected chi connectivity index (χ3v) is 3.03. The molecule has 0 aromatic carbocycles. The Morgan fingerprint density at radius 3 is 2.62 bits per heavy atom. The second kappa shape index (κ2) is 3.77. The summed E-state index contributed by atoms with van der Waals surface area (Å²) in [5.41, 5.74) is 1.03. The molecule has 74 valence electrons. The van der Waals surface area contributed by atoms with Crippen molar-refractivity contribution < 1.29 is 9.90 Å². The maximum absolute atomic E-state index is 11.0. The molecule has 1 N–H and O–H groups in total. The predicted octanol–water partition coefficient (Wildman–Crippen LogP) is 1.37. The molecule has 4 heteroatoms. The molecule has 1 heterocycles. The van der Waals surface area contributed by atoms with Gasteiger partial charge >= 0.3 is 5.97 Å². The maximum Gasteiger partial charge on any atom is 0.321 e. The van der Waals surface area contributed by atoms with Crippen LogP contribution in [0.5, 0.6) is 0 Å². The van der Waals surface area contributed by atoms with Crippen LogP contribution in [0.1, 0.15) is 13.8 Å². The molecule has 0 aromatic rings. The first kappa shape index (κ1) is 10.7. The van der Waals surface area contributed by atoms with Gasteiger partial charge in [-0.25, -0.2) is 0 Å². The predicted molar refractivity (Wildman–Crippen MR) is 55.3 cm³/mol. The monoisotopic (exact) mass is 201 g/mol. The number of aliphatic carboxylic acids is 1. The average molecular weight is 201 g/mol. The zero-order valence-electron chi connectivity index (χ0n) is 8.03. The lowest BCUT2D eigenvalue weighted by molar-refractivity contribution is -0.142. The van der Waals surface area contributed by atoms with Gasteiger partial charge < -0.3 is 5.11 Å². The minimum Gasteiger partial charge on any atom is -0.480 e. The zero-order chi connectivity index (χ0) is 10.2. The van der Waals surface area contributed by atoms with Crippen LogP contribution in [-0.2, 0) is 4.79 Å². The molecule has 0 saturated carbocycles. The molecule has 1 aliphatic rings. The van der Waals surface area contributed by atoms with Crippen molar-refractivity contribution in [1.29, 1.82) is 0 Å². The molecule has 0 aliphatic carbocycles. The van der Waals surface area contributed by atoms with Gasteiger partial charge in [0.15, 0.2) is 0 Å². The van der Waals surface area contributed by atoms with Gasteiger partial charge in [-0.2, -0.15) is 0 Å². The van der Waals surface area contributed by atoms with Gasteiger partial charge in [-0.15, -0.1) is 0 Å². The molecule has 0 amide bonds. The number of carboxylic acids is 1. The van der Waals surface area contributed by atoms with E-state index in [0.29, 0.717) is 12.5 Å². The molecule has 1 aliphatic heterocycles. The number of nitrogens with zero attached hydrogens (tertiary/aromatic N) is 1. The Morgan fingerprint density at radius 2 is 2.31 bits per heavy atom. The smallest absolute Gasteiger partial charge is 0.321 e. The van der Waals surface area contributed by atoms with Crippen molar-refractivity contribution in [2.24, 2.45) is 11.8 Å².